The van der Waals surface area contributed by atoms with Crippen molar-refractivity contribution in [3.8, 4) is 0 Å². The van der Waals surface area contributed by atoms with E-state index >= 15 is 0 Å². The largest absolute Gasteiger partial charge is 0.475 e. The molecule has 1 aromatic rings. The molecule has 10 heteroatoms. The van der Waals surface area contributed by atoms with Crippen molar-refractivity contribution < 1.29 is 28.4 Å². The van der Waals surface area contributed by atoms with Crippen LogP contribution >= 0.6 is 0 Å². The zero-order valence-electron chi connectivity index (χ0n) is 15.3. The molecule has 2 atom stereocenters. The topological polar surface area (TPSA) is 102 Å². The number of amides is 2. The minimum Gasteiger partial charge on any atom is -0.426 e. The quantitative estimate of drug-likeness (QED) is 0.481. The Kier molecular flexibility index (Phi) is 7.15. The van der Waals surface area contributed by atoms with Crippen LogP contribution in [-0.4, -0.2) is 54.1 Å². The second-order valence-electron chi connectivity index (χ2n) is 7.03. The monoisotopic (exact) mass is 383 g/mol. The molecule has 1 heterocycles. The molecular weight excluding hydrogens is 359 g/mol. The third kappa shape index (κ3) is 5.64. The number of benzene rings is 1. The average Bonchev–Trinajstić information content (AvgIpc) is 2.53. The van der Waals surface area contributed by atoms with Gasteiger partial charge in [0.05, 0.1) is 18.2 Å². The number of carbonyl (C=O) groups excluding carboxylic acids is 2. The van der Waals surface area contributed by atoms with Crippen LogP contribution in [-0.2, 0) is 9.59 Å². The van der Waals surface area contributed by atoms with Gasteiger partial charge in [0.25, 0.3) is 0 Å². The molecule has 2 unspecified atom stereocenters. The van der Waals surface area contributed by atoms with Crippen molar-refractivity contribution in [1.29, 1.82) is 0 Å². The van der Waals surface area contributed by atoms with Crippen LogP contribution in [0.3, 0.4) is 0 Å². The number of nitrogens with zero attached hydrogens (tertiary/aromatic N) is 1. The minimum atomic E-state index is -1.70. The van der Waals surface area contributed by atoms with Crippen LogP contribution in [0.15, 0.2) is 18.2 Å². The molecule has 0 radical (unpaired) electrons. The predicted molar refractivity (Wildman–Crippen MR) is 96.7 cm³/mol. The summed E-state index contributed by atoms with van der Waals surface area (Å²) < 4.78 is 26.9. The highest BCUT2D eigenvalue weighted by Crippen LogP contribution is 2.29. The molecule has 1 aliphatic heterocycles. The summed E-state index contributed by atoms with van der Waals surface area (Å²) in [7, 11) is -1.70. The normalized spacial score (nSPS) is 17.3. The fourth-order valence-corrected chi connectivity index (χ4v) is 2.97. The Labute approximate surface area is 156 Å². The lowest BCUT2D eigenvalue weighted by atomic mass is 9.75. The van der Waals surface area contributed by atoms with E-state index in [1.807, 2.05) is 13.8 Å². The minimum absolute atomic E-state index is 0.132. The van der Waals surface area contributed by atoms with Gasteiger partial charge >= 0.3 is 7.12 Å². The van der Waals surface area contributed by atoms with E-state index in [0.29, 0.717) is 19.4 Å². The summed E-state index contributed by atoms with van der Waals surface area (Å²) in [6, 6.07) is 2.50. The van der Waals surface area contributed by atoms with Crippen molar-refractivity contribution in [2.75, 3.05) is 18.0 Å². The summed E-state index contributed by atoms with van der Waals surface area (Å²) in [5.74, 6) is -3.15. The van der Waals surface area contributed by atoms with Crippen LogP contribution < -0.4 is 15.5 Å². The maximum absolute atomic E-state index is 13.9. The van der Waals surface area contributed by atoms with E-state index < -0.39 is 42.6 Å². The fraction of sp³-hybridized carbons (Fsp3) is 0.529. The highest BCUT2D eigenvalue weighted by Gasteiger charge is 2.36. The highest BCUT2D eigenvalue weighted by molar-refractivity contribution is 6.43. The first-order valence-corrected chi connectivity index (χ1v) is 8.84. The van der Waals surface area contributed by atoms with Crippen LogP contribution in [0.2, 0.25) is 0 Å². The van der Waals surface area contributed by atoms with Gasteiger partial charge in [-0.2, -0.15) is 0 Å². The van der Waals surface area contributed by atoms with E-state index in [2.05, 4.69) is 10.6 Å². The number of anilines is 1. The van der Waals surface area contributed by atoms with E-state index in [-0.39, 0.29) is 18.2 Å². The SMILES string of the molecule is CC(C)CC(NC(=O)CNC(=O)C1CCN1c1ccc(F)cc1F)B(O)O. The van der Waals surface area contributed by atoms with Gasteiger partial charge in [-0.25, -0.2) is 8.78 Å². The van der Waals surface area contributed by atoms with Crippen molar-refractivity contribution in [3.05, 3.63) is 29.8 Å². The van der Waals surface area contributed by atoms with Gasteiger partial charge in [0.15, 0.2) is 0 Å². The fourth-order valence-electron chi connectivity index (χ4n) is 2.97. The summed E-state index contributed by atoms with van der Waals surface area (Å²) in [4.78, 5) is 25.7. The molecule has 2 rings (SSSR count). The van der Waals surface area contributed by atoms with Crippen LogP contribution in [0.1, 0.15) is 26.7 Å². The average molecular weight is 383 g/mol. The molecule has 148 valence electrons. The van der Waals surface area contributed by atoms with Crippen molar-refractivity contribution >= 4 is 24.6 Å². The molecule has 0 spiro atoms. The molecule has 0 saturated carbocycles. The zero-order chi connectivity index (χ0) is 20.1. The lowest BCUT2D eigenvalue weighted by Crippen LogP contribution is -2.58. The zero-order valence-corrected chi connectivity index (χ0v) is 15.3. The van der Waals surface area contributed by atoms with Gasteiger partial charge in [0, 0.05) is 12.6 Å². The first-order valence-electron chi connectivity index (χ1n) is 8.84. The molecule has 1 aromatic carbocycles. The van der Waals surface area contributed by atoms with Crippen LogP contribution in [0.4, 0.5) is 14.5 Å². The highest BCUT2D eigenvalue weighted by atomic mass is 19.1. The van der Waals surface area contributed by atoms with Gasteiger partial charge < -0.3 is 25.6 Å². The third-order valence-corrected chi connectivity index (χ3v) is 4.40. The Morgan fingerprint density at radius 2 is 2.04 bits per heavy atom. The van der Waals surface area contributed by atoms with Crippen LogP contribution in [0, 0.1) is 17.6 Å². The lowest BCUT2D eigenvalue weighted by molar-refractivity contribution is -0.127. The molecule has 27 heavy (non-hydrogen) atoms. The number of carbonyl (C=O) groups is 2. The summed E-state index contributed by atoms with van der Waals surface area (Å²) >= 11 is 0. The first-order chi connectivity index (χ1) is 12.7. The summed E-state index contributed by atoms with van der Waals surface area (Å²) in [6.07, 6.45) is 0.854. The molecule has 1 saturated heterocycles. The van der Waals surface area contributed by atoms with E-state index in [0.717, 1.165) is 12.1 Å². The van der Waals surface area contributed by atoms with E-state index in [9.17, 15) is 28.4 Å². The van der Waals surface area contributed by atoms with Gasteiger partial charge in [-0.1, -0.05) is 13.8 Å². The Balaban J connectivity index is 1.87. The summed E-state index contributed by atoms with van der Waals surface area (Å²) in [6.45, 7) is 3.86. The predicted octanol–water partition coefficient (Wildman–Crippen LogP) is 0.203. The molecule has 0 aromatic heterocycles. The summed E-state index contributed by atoms with van der Waals surface area (Å²) in [5.41, 5.74) is 0.132. The molecule has 1 fully saturated rings. The molecule has 4 N–H and O–H groups in total. The van der Waals surface area contributed by atoms with E-state index in [4.69, 9.17) is 0 Å². The van der Waals surface area contributed by atoms with Crippen LogP contribution in [0.5, 0.6) is 0 Å². The molecule has 1 aliphatic rings. The molecule has 0 aliphatic carbocycles. The van der Waals surface area contributed by atoms with Gasteiger partial charge in [-0.3, -0.25) is 9.59 Å². The molecule has 2 amide bonds. The number of rotatable bonds is 8. The summed E-state index contributed by atoms with van der Waals surface area (Å²) in [5, 5.41) is 23.6. The molecule has 0 bridgehead atoms. The second kappa shape index (κ2) is 9.14. The van der Waals surface area contributed by atoms with Gasteiger partial charge in [-0.05, 0) is 30.9 Å². The Hall–Kier alpha value is -2.20. The Morgan fingerprint density at radius 1 is 1.33 bits per heavy atom. The Morgan fingerprint density at radius 3 is 2.56 bits per heavy atom. The number of hydrogen-bond donors (Lipinski definition) is 4. The first kappa shape index (κ1) is 21.1. The third-order valence-electron chi connectivity index (χ3n) is 4.40. The second-order valence-corrected chi connectivity index (χ2v) is 7.03. The smallest absolute Gasteiger partial charge is 0.426 e. The number of nitrogens with one attached hydrogen (secondary N) is 2. The van der Waals surface area contributed by atoms with Crippen molar-refractivity contribution in [1.82, 2.24) is 10.6 Å². The van der Waals surface area contributed by atoms with Crippen molar-refractivity contribution in [3.63, 3.8) is 0 Å². The standard InChI is InChI=1S/C17H24BF2N3O4/c1-10(2)7-15(18(26)27)22-16(24)9-21-17(25)14-5-6-23(14)13-4-3-11(19)8-12(13)20/h3-4,8,10,14-15,26-27H,5-7,9H2,1-2H3,(H,21,25)(H,22,24). The van der Waals surface area contributed by atoms with E-state index in [1.54, 1.807) is 0 Å². The lowest BCUT2D eigenvalue weighted by Gasteiger charge is -2.41. The van der Waals surface area contributed by atoms with Gasteiger partial charge in [0.1, 0.15) is 17.7 Å². The number of hydrogen-bond acceptors (Lipinski definition) is 5. The van der Waals surface area contributed by atoms with Gasteiger partial charge in [-0.15, -0.1) is 0 Å². The van der Waals surface area contributed by atoms with Gasteiger partial charge in [0.2, 0.25) is 11.8 Å². The number of halogens is 2. The Bertz CT molecular complexity index is 690. The van der Waals surface area contributed by atoms with E-state index in [1.165, 1.54) is 11.0 Å². The maximum atomic E-state index is 13.9. The maximum Gasteiger partial charge on any atom is 0.475 e. The van der Waals surface area contributed by atoms with Crippen molar-refractivity contribution in [2.45, 2.75) is 38.7 Å². The molecular formula is C17H24BF2N3O4. The molecule has 7 nitrogen and oxygen atoms in total. The van der Waals surface area contributed by atoms with Crippen LogP contribution in [0.25, 0.3) is 0 Å². The van der Waals surface area contributed by atoms with Crippen molar-refractivity contribution in [2.24, 2.45) is 5.92 Å².